The molecule has 0 unspecified atom stereocenters. The Morgan fingerprint density at radius 2 is 0.476 bits per heavy atom. The fourth-order valence-corrected chi connectivity index (χ4v) is 10.9. The van der Waals surface area contributed by atoms with E-state index >= 15 is 0 Å². The number of ketones is 6. The molecule has 0 aromatic heterocycles. The van der Waals surface area contributed by atoms with E-state index in [1.807, 2.05) is 64.1 Å². The number of methoxy groups -OCH3 is 4. The van der Waals surface area contributed by atoms with Crippen LogP contribution >= 0.6 is 0 Å². The second-order valence-electron chi connectivity index (χ2n) is 26.9. The van der Waals surface area contributed by atoms with E-state index in [-0.39, 0.29) is 68.8 Å². The van der Waals surface area contributed by atoms with Gasteiger partial charge in [0.1, 0.15) is 23.0 Å². The molecule has 0 aliphatic heterocycles. The summed E-state index contributed by atoms with van der Waals surface area (Å²) in [6, 6.07) is 75.2. The van der Waals surface area contributed by atoms with Gasteiger partial charge >= 0.3 is 0 Å². The molecule has 0 amide bonds. The molecule has 12 aromatic rings. The summed E-state index contributed by atoms with van der Waals surface area (Å²) in [4.78, 5) is 133. The SMILES string of the molecule is COc1cc(C)ccc1C(=O)/C=C/c1ccc([N+](=O)[O-])cc1.COc1cc(C)ccc1C(=O)/C=C/c1cccc([N+](=O)[O-])c1.COc1cccc(C(=O)/C=C/c2ccc([N+](=O)[O-])cc2)c1.COc1cccc(C(=O)/C=C/c2cccc([N+](=O)[O-])c2)c1.Cc1ccc(C(=O)/C=C/c2ccc([N+](=O)[O-])cc2)cc1.Cc1ccc(C(=O)/C=C/c2cccc([N+](=O)[O-])c2)cc1. The highest BCUT2D eigenvalue weighted by molar-refractivity contribution is 6.11. The minimum absolute atomic E-state index is 0.00835. The molecule has 12 aromatic carbocycles. The zero-order valence-electron chi connectivity index (χ0n) is 69.2. The maximum atomic E-state index is 12.2. The number of nitro groups is 6. The van der Waals surface area contributed by atoms with Crippen molar-refractivity contribution < 1.29 is 77.3 Å². The quantitative estimate of drug-likeness (QED) is 0.0190. The fourth-order valence-electron chi connectivity index (χ4n) is 10.9. The standard InChI is InChI=1S/2C17H15NO4.2C16H13NO4.2C16H13NO3/c1-12-3-9-15(17(11-12)22-2)16(19)10-6-13-4-7-14(8-5-13)18(20)21;1-12-6-8-15(17(10-12)22-2)16(19)9-7-13-4-3-5-14(11-13)18(20)21;1-21-15-7-3-5-13(11-15)16(18)9-8-12-4-2-6-14(10-12)17(19)20;1-21-15-4-2-3-13(11-15)16(18)10-7-12-5-8-14(9-6-12)17(19)20;1-12-2-7-14(8-3-12)16(18)11-6-13-4-9-15(10-5-13)17(19)20;1-12-5-8-14(9-6-12)16(18)10-7-13-3-2-4-15(11-13)17(19)20/h2*3-11H,1-2H3;2*2-11H,1H3;2*2-11H,1H3/b10-6+;9-7+;9-8+;10-7+;11-6+;10-7+. The number of ether oxygens (including phenoxy) is 4. The average molecular weight is 1700 g/mol. The summed E-state index contributed by atoms with van der Waals surface area (Å²) in [6.07, 6.45) is 18.1. The van der Waals surface area contributed by atoms with E-state index in [0.717, 1.165) is 33.4 Å². The largest absolute Gasteiger partial charge is 0.497 e. The second-order valence-corrected chi connectivity index (χ2v) is 26.9. The number of nitrogens with zero attached hydrogens (tertiary/aromatic N) is 6. The Bertz CT molecular complexity index is 6140. The molecule has 0 saturated heterocycles. The molecule has 0 heterocycles. The van der Waals surface area contributed by atoms with Gasteiger partial charge in [0.15, 0.2) is 34.7 Å². The Hall–Kier alpha value is -17.3. The van der Waals surface area contributed by atoms with Crippen LogP contribution in [0.3, 0.4) is 0 Å². The molecule has 0 N–H and O–H groups in total. The maximum Gasteiger partial charge on any atom is 0.270 e. The smallest absolute Gasteiger partial charge is 0.270 e. The first-order valence-corrected chi connectivity index (χ1v) is 37.9. The number of nitro benzene ring substituents is 6. The number of carbonyl (C=O) groups excluding carboxylic acids is 6. The fraction of sp³-hybridized carbons (Fsp3) is 0.0816. The highest BCUT2D eigenvalue weighted by Gasteiger charge is 2.15. The van der Waals surface area contributed by atoms with Crippen molar-refractivity contribution in [2.45, 2.75) is 27.7 Å². The Balaban J connectivity index is 0.000000208. The van der Waals surface area contributed by atoms with Crippen LogP contribution in [-0.4, -0.2) is 92.7 Å². The van der Waals surface area contributed by atoms with E-state index in [1.54, 1.807) is 206 Å². The Morgan fingerprint density at radius 3 is 0.738 bits per heavy atom. The normalized spacial score (nSPS) is 10.6. The van der Waals surface area contributed by atoms with Gasteiger partial charge in [0, 0.05) is 95.1 Å². The van der Waals surface area contributed by atoms with Gasteiger partial charge in [-0.25, -0.2) is 0 Å². The van der Waals surface area contributed by atoms with Crippen molar-refractivity contribution in [3.05, 3.63) is 465 Å². The summed E-state index contributed by atoms with van der Waals surface area (Å²) in [5.41, 5.74) is 11.4. The van der Waals surface area contributed by atoms with Gasteiger partial charge in [-0.2, -0.15) is 0 Å². The first-order valence-electron chi connectivity index (χ1n) is 37.9. The molecule has 0 fully saturated rings. The van der Waals surface area contributed by atoms with Crippen LogP contribution in [0, 0.1) is 88.4 Å². The van der Waals surface area contributed by atoms with Crippen LogP contribution < -0.4 is 18.9 Å². The third kappa shape index (κ3) is 31.4. The lowest BCUT2D eigenvalue weighted by atomic mass is 10.1. The van der Waals surface area contributed by atoms with E-state index in [4.69, 9.17) is 18.9 Å². The van der Waals surface area contributed by atoms with Gasteiger partial charge in [-0.05, 0) is 194 Å². The van der Waals surface area contributed by atoms with Crippen molar-refractivity contribution in [2.24, 2.45) is 0 Å². The number of non-ortho nitro benzene ring substituents is 6. The molecule has 126 heavy (non-hydrogen) atoms. The number of benzene rings is 12. The van der Waals surface area contributed by atoms with E-state index in [1.165, 1.54) is 138 Å². The lowest BCUT2D eigenvalue weighted by Gasteiger charge is -2.06. The first kappa shape index (κ1) is 95.8. The third-order valence-corrected chi connectivity index (χ3v) is 17.7. The van der Waals surface area contributed by atoms with Crippen molar-refractivity contribution >= 4 is 105 Å². The van der Waals surface area contributed by atoms with Crippen LogP contribution in [0.2, 0.25) is 0 Å². The van der Waals surface area contributed by atoms with Gasteiger partial charge in [-0.1, -0.05) is 169 Å². The van der Waals surface area contributed by atoms with Crippen LogP contribution in [-0.2, 0) is 0 Å². The molecule has 0 bridgehead atoms. The van der Waals surface area contributed by atoms with Crippen molar-refractivity contribution in [3.63, 3.8) is 0 Å². The van der Waals surface area contributed by atoms with E-state index in [9.17, 15) is 89.5 Å². The molecule has 0 saturated carbocycles. The van der Waals surface area contributed by atoms with E-state index in [0.29, 0.717) is 78.6 Å². The Kier molecular flexibility index (Phi) is 37.0. The number of hydrogen-bond acceptors (Lipinski definition) is 22. The maximum absolute atomic E-state index is 12.2. The van der Waals surface area contributed by atoms with Gasteiger partial charge in [-0.3, -0.25) is 89.5 Å². The topological polar surface area (TPSA) is 398 Å². The zero-order valence-corrected chi connectivity index (χ0v) is 69.2. The number of allylic oxidation sites excluding steroid dienone is 6. The van der Waals surface area contributed by atoms with Gasteiger partial charge in [0.25, 0.3) is 34.1 Å². The molecule has 28 heteroatoms. The summed E-state index contributed by atoms with van der Waals surface area (Å²) in [7, 11) is 6.10. The van der Waals surface area contributed by atoms with Crippen molar-refractivity contribution in [3.8, 4) is 23.0 Å². The van der Waals surface area contributed by atoms with Crippen LogP contribution in [0.15, 0.2) is 316 Å². The van der Waals surface area contributed by atoms with Crippen LogP contribution in [0.4, 0.5) is 34.1 Å². The van der Waals surface area contributed by atoms with Gasteiger partial charge in [0.2, 0.25) is 0 Å². The highest BCUT2D eigenvalue weighted by Crippen LogP contribution is 2.26. The minimum Gasteiger partial charge on any atom is -0.497 e. The third-order valence-electron chi connectivity index (χ3n) is 17.7. The lowest BCUT2D eigenvalue weighted by molar-refractivity contribution is -0.385. The number of hydrogen-bond donors (Lipinski definition) is 0. The molecule has 12 rings (SSSR count). The predicted molar refractivity (Wildman–Crippen MR) is 483 cm³/mol. The van der Waals surface area contributed by atoms with E-state index < -0.39 is 29.5 Å². The van der Waals surface area contributed by atoms with Crippen molar-refractivity contribution in [2.75, 3.05) is 28.4 Å². The van der Waals surface area contributed by atoms with Gasteiger partial charge in [0.05, 0.1) is 69.1 Å². The van der Waals surface area contributed by atoms with Gasteiger partial charge in [-0.15, -0.1) is 0 Å². The molecule has 636 valence electrons. The monoisotopic (exact) mass is 1690 g/mol. The van der Waals surface area contributed by atoms with Crippen molar-refractivity contribution in [1.29, 1.82) is 0 Å². The molecule has 0 aliphatic rings. The first-order chi connectivity index (χ1) is 60.3. The van der Waals surface area contributed by atoms with Crippen LogP contribution in [0.5, 0.6) is 23.0 Å². The Labute approximate surface area is 723 Å². The zero-order chi connectivity index (χ0) is 91.8. The Morgan fingerprint density at radius 1 is 0.230 bits per heavy atom. The van der Waals surface area contributed by atoms with Gasteiger partial charge < -0.3 is 18.9 Å². The minimum atomic E-state index is -0.471. The number of rotatable bonds is 28. The molecule has 0 atom stereocenters. The van der Waals surface area contributed by atoms with Crippen molar-refractivity contribution in [1.82, 2.24) is 0 Å². The molecule has 0 aliphatic carbocycles. The summed E-state index contributed by atoms with van der Waals surface area (Å²) in [5, 5.41) is 63.7. The highest BCUT2D eigenvalue weighted by atomic mass is 16.6. The van der Waals surface area contributed by atoms with E-state index in [2.05, 4.69) is 0 Å². The molecule has 0 radical (unpaired) electrons. The van der Waals surface area contributed by atoms with Crippen LogP contribution in [0.1, 0.15) is 118 Å². The molecular formula is C98H82N6O22. The number of aryl methyl sites for hydroxylation is 4. The molecule has 28 nitrogen and oxygen atoms in total. The lowest BCUT2D eigenvalue weighted by Crippen LogP contribution is -1.99. The molecular weight excluding hydrogens is 1610 g/mol. The van der Waals surface area contributed by atoms with Crippen LogP contribution in [0.25, 0.3) is 36.5 Å². The molecule has 0 spiro atoms. The number of carbonyl (C=O) groups is 6. The summed E-state index contributed by atoms with van der Waals surface area (Å²) >= 11 is 0. The summed E-state index contributed by atoms with van der Waals surface area (Å²) in [6.45, 7) is 7.74. The average Bonchev–Trinajstić information content (AvgIpc) is 0.852. The summed E-state index contributed by atoms with van der Waals surface area (Å²) in [5.74, 6) is 1.27. The summed E-state index contributed by atoms with van der Waals surface area (Å²) < 4.78 is 20.5. The predicted octanol–water partition coefficient (Wildman–Crippen LogP) is 22.2. The second kappa shape index (κ2) is 48.7.